The first-order valence-electron chi connectivity index (χ1n) is 4.69. The van der Waals surface area contributed by atoms with Crippen LogP contribution in [0.3, 0.4) is 0 Å². The number of hydrogen-bond acceptors (Lipinski definition) is 3. The van der Waals surface area contributed by atoms with Crippen LogP contribution in [-0.2, 0) is 0 Å². The Hall–Kier alpha value is -2.02. The summed E-state index contributed by atoms with van der Waals surface area (Å²) in [7, 11) is 0. The summed E-state index contributed by atoms with van der Waals surface area (Å²) in [6.07, 6.45) is -0.0463. The molecule has 0 bridgehead atoms. The van der Waals surface area contributed by atoms with E-state index in [9.17, 15) is 4.79 Å². The lowest BCUT2D eigenvalue weighted by molar-refractivity contribution is 0.198. The van der Waals surface area contributed by atoms with E-state index in [-0.39, 0.29) is 0 Å². The van der Waals surface area contributed by atoms with Gasteiger partial charge in [0.1, 0.15) is 11.8 Å². The van der Waals surface area contributed by atoms with E-state index in [1.807, 2.05) is 19.1 Å². The van der Waals surface area contributed by atoms with Crippen molar-refractivity contribution in [1.82, 2.24) is 5.32 Å². The van der Waals surface area contributed by atoms with Gasteiger partial charge in [-0.25, -0.2) is 4.79 Å². The van der Waals surface area contributed by atoms with Crippen molar-refractivity contribution >= 4 is 6.09 Å². The zero-order valence-corrected chi connectivity index (χ0v) is 8.43. The van der Waals surface area contributed by atoms with Gasteiger partial charge < -0.3 is 10.1 Å². The number of hydrogen-bond donors (Lipinski definition) is 1. The highest BCUT2D eigenvalue weighted by Crippen LogP contribution is 2.08. The molecule has 1 aromatic carbocycles. The average molecular weight is 204 g/mol. The second-order valence-electron chi connectivity index (χ2n) is 2.94. The van der Waals surface area contributed by atoms with Crippen molar-refractivity contribution in [1.29, 1.82) is 5.26 Å². The Morgan fingerprint density at radius 3 is 2.73 bits per heavy atom. The van der Waals surface area contributed by atoms with E-state index in [0.29, 0.717) is 12.2 Å². The van der Waals surface area contributed by atoms with Gasteiger partial charge >= 0.3 is 6.09 Å². The minimum atomic E-state index is -0.602. The number of nitrogens with one attached hydrogen (secondary N) is 1. The van der Waals surface area contributed by atoms with Crippen LogP contribution in [0.5, 0.6) is 5.75 Å². The molecule has 0 aliphatic heterocycles. The van der Waals surface area contributed by atoms with Gasteiger partial charge in [-0.3, -0.25) is 0 Å². The van der Waals surface area contributed by atoms with Crippen LogP contribution in [0.4, 0.5) is 4.79 Å². The first-order chi connectivity index (χ1) is 7.26. The molecule has 4 nitrogen and oxygen atoms in total. The largest absolute Gasteiger partial charge is 0.413 e. The maximum atomic E-state index is 11.3. The number of para-hydroxylation sites is 1. The van der Waals surface area contributed by atoms with Gasteiger partial charge in [0.25, 0.3) is 0 Å². The van der Waals surface area contributed by atoms with E-state index in [1.165, 1.54) is 0 Å². The van der Waals surface area contributed by atoms with E-state index in [0.717, 1.165) is 0 Å². The van der Waals surface area contributed by atoms with Crippen molar-refractivity contribution in [2.75, 3.05) is 0 Å². The SMILES string of the molecule is CCC(C#N)NC(=O)Oc1ccccc1. The summed E-state index contributed by atoms with van der Waals surface area (Å²) in [5.74, 6) is 0.461. The summed E-state index contributed by atoms with van der Waals surface area (Å²) in [5, 5.41) is 11.1. The van der Waals surface area contributed by atoms with E-state index in [1.54, 1.807) is 24.3 Å². The zero-order chi connectivity index (χ0) is 11.1. The third-order valence-electron chi connectivity index (χ3n) is 1.81. The van der Waals surface area contributed by atoms with Crippen molar-refractivity contribution in [2.24, 2.45) is 0 Å². The Balaban J connectivity index is 2.47. The number of benzene rings is 1. The number of carbonyl (C=O) groups is 1. The van der Waals surface area contributed by atoms with Gasteiger partial charge in [0, 0.05) is 0 Å². The monoisotopic (exact) mass is 204 g/mol. The molecular formula is C11H12N2O2. The van der Waals surface area contributed by atoms with Crippen LogP contribution in [0.25, 0.3) is 0 Å². The van der Waals surface area contributed by atoms with Crippen LogP contribution in [0.1, 0.15) is 13.3 Å². The Morgan fingerprint density at radius 1 is 1.53 bits per heavy atom. The zero-order valence-electron chi connectivity index (χ0n) is 8.43. The fraction of sp³-hybridized carbons (Fsp3) is 0.273. The Morgan fingerprint density at radius 2 is 2.20 bits per heavy atom. The van der Waals surface area contributed by atoms with Crippen molar-refractivity contribution in [3.8, 4) is 11.8 Å². The van der Waals surface area contributed by atoms with Crippen LogP contribution < -0.4 is 10.1 Å². The molecule has 0 saturated heterocycles. The summed E-state index contributed by atoms with van der Waals surface area (Å²) in [5.41, 5.74) is 0. The summed E-state index contributed by atoms with van der Waals surface area (Å²) in [4.78, 5) is 11.3. The van der Waals surface area contributed by atoms with Crippen LogP contribution in [0, 0.1) is 11.3 Å². The van der Waals surface area contributed by atoms with Gasteiger partial charge in [-0.1, -0.05) is 25.1 Å². The molecule has 0 radical (unpaired) electrons. The molecule has 0 spiro atoms. The number of rotatable bonds is 3. The van der Waals surface area contributed by atoms with Crippen LogP contribution in [0.2, 0.25) is 0 Å². The Bertz CT molecular complexity index is 357. The van der Waals surface area contributed by atoms with Gasteiger partial charge in [0.15, 0.2) is 0 Å². The average Bonchev–Trinajstić information content (AvgIpc) is 2.27. The highest BCUT2D eigenvalue weighted by atomic mass is 16.6. The minimum absolute atomic E-state index is 0.461. The molecule has 0 saturated carbocycles. The van der Waals surface area contributed by atoms with Crippen LogP contribution >= 0.6 is 0 Å². The Labute approximate surface area is 88.5 Å². The van der Waals surface area contributed by atoms with Crippen molar-refractivity contribution in [3.63, 3.8) is 0 Å². The molecule has 78 valence electrons. The molecule has 0 heterocycles. The molecule has 0 aliphatic carbocycles. The van der Waals surface area contributed by atoms with E-state index < -0.39 is 12.1 Å². The second-order valence-corrected chi connectivity index (χ2v) is 2.94. The Kier molecular flexibility index (Phi) is 4.17. The lowest BCUT2D eigenvalue weighted by atomic mass is 10.2. The number of nitriles is 1. The highest BCUT2D eigenvalue weighted by Gasteiger charge is 2.10. The maximum absolute atomic E-state index is 11.3. The van der Waals surface area contributed by atoms with Gasteiger partial charge in [-0.05, 0) is 18.6 Å². The van der Waals surface area contributed by atoms with Gasteiger partial charge in [0.05, 0.1) is 6.07 Å². The van der Waals surface area contributed by atoms with Crippen molar-refractivity contribution in [2.45, 2.75) is 19.4 Å². The predicted octanol–water partition coefficient (Wildman–Crippen LogP) is 2.08. The molecule has 1 unspecified atom stereocenters. The molecule has 0 fully saturated rings. The third kappa shape index (κ3) is 3.69. The maximum Gasteiger partial charge on any atom is 0.413 e. The molecule has 1 aromatic rings. The normalized spacial score (nSPS) is 11.2. The quantitative estimate of drug-likeness (QED) is 0.819. The molecule has 0 aliphatic rings. The third-order valence-corrected chi connectivity index (χ3v) is 1.81. The fourth-order valence-electron chi connectivity index (χ4n) is 0.993. The summed E-state index contributed by atoms with van der Waals surface area (Å²) in [6.45, 7) is 1.82. The van der Waals surface area contributed by atoms with Gasteiger partial charge in [-0.15, -0.1) is 0 Å². The number of nitrogens with zero attached hydrogens (tertiary/aromatic N) is 1. The molecule has 1 amide bonds. The summed E-state index contributed by atoms with van der Waals surface area (Å²) in [6, 6.07) is 10.2. The van der Waals surface area contributed by atoms with Crippen molar-refractivity contribution in [3.05, 3.63) is 30.3 Å². The predicted molar refractivity (Wildman–Crippen MR) is 55.3 cm³/mol. The number of amides is 1. The first-order valence-corrected chi connectivity index (χ1v) is 4.69. The van der Waals surface area contributed by atoms with E-state index >= 15 is 0 Å². The summed E-state index contributed by atoms with van der Waals surface area (Å²) < 4.78 is 4.95. The number of carbonyl (C=O) groups excluding carboxylic acids is 1. The summed E-state index contributed by atoms with van der Waals surface area (Å²) >= 11 is 0. The van der Waals surface area contributed by atoms with Crippen LogP contribution in [-0.4, -0.2) is 12.1 Å². The minimum Gasteiger partial charge on any atom is -0.410 e. The smallest absolute Gasteiger partial charge is 0.410 e. The van der Waals surface area contributed by atoms with Gasteiger partial charge in [-0.2, -0.15) is 5.26 Å². The molecule has 1 atom stereocenters. The molecule has 4 heteroatoms. The lowest BCUT2D eigenvalue weighted by Gasteiger charge is -2.09. The molecular weight excluding hydrogens is 192 g/mol. The molecule has 15 heavy (non-hydrogen) atoms. The first kappa shape index (κ1) is 11.1. The highest BCUT2D eigenvalue weighted by molar-refractivity contribution is 5.71. The molecule has 1 rings (SSSR count). The van der Waals surface area contributed by atoms with Crippen molar-refractivity contribution < 1.29 is 9.53 Å². The topological polar surface area (TPSA) is 62.1 Å². The lowest BCUT2D eigenvalue weighted by Crippen LogP contribution is -2.35. The van der Waals surface area contributed by atoms with Crippen LogP contribution in [0.15, 0.2) is 30.3 Å². The molecule has 1 N–H and O–H groups in total. The van der Waals surface area contributed by atoms with Gasteiger partial charge in [0.2, 0.25) is 0 Å². The fourth-order valence-corrected chi connectivity index (χ4v) is 0.993. The second kappa shape index (κ2) is 5.66. The van der Waals surface area contributed by atoms with E-state index in [4.69, 9.17) is 10.00 Å². The number of ether oxygens (including phenoxy) is 1. The molecule has 0 aromatic heterocycles. The standard InChI is InChI=1S/C11H12N2O2/c1-2-9(8-12)13-11(14)15-10-6-4-3-5-7-10/h3-7,9H,2H2,1H3,(H,13,14). The van der Waals surface area contributed by atoms with E-state index in [2.05, 4.69) is 5.32 Å².